The second-order valence-corrected chi connectivity index (χ2v) is 3.96. The smallest absolute Gasteiger partial charge is 0.196 e. The molecule has 0 atom stereocenters. The Morgan fingerprint density at radius 1 is 1.05 bits per heavy atom. The Kier molecular flexibility index (Phi) is 3.43. The molecule has 0 aromatic heterocycles. The first-order valence-corrected chi connectivity index (χ1v) is 5.45. The van der Waals surface area contributed by atoms with Crippen molar-refractivity contribution in [1.29, 1.82) is 5.26 Å². The van der Waals surface area contributed by atoms with Crippen LogP contribution in [-0.2, 0) is 0 Å². The summed E-state index contributed by atoms with van der Waals surface area (Å²) in [6.07, 6.45) is 0. The van der Waals surface area contributed by atoms with Gasteiger partial charge >= 0.3 is 0 Å². The fourth-order valence-corrected chi connectivity index (χ4v) is 1.68. The fourth-order valence-electron chi connectivity index (χ4n) is 1.68. The molecule has 1 N–H and O–H groups in total. The standard InChI is InChI=1S/C14H9F3N2/c1-8-3-2-4-9(7-18)14(8)19-11-6-5-10(15)12(16)13(11)17/h2-6,19H,1H3. The molecule has 0 bridgehead atoms. The van der Waals surface area contributed by atoms with Gasteiger partial charge in [-0.25, -0.2) is 13.2 Å². The summed E-state index contributed by atoms with van der Waals surface area (Å²) in [6.45, 7) is 1.72. The van der Waals surface area contributed by atoms with Gasteiger partial charge in [0, 0.05) is 0 Å². The van der Waals surface area contributed by atoms with Crippen LogP contribution in [0.15, 0.2) is 30.3 Å². The van der Waals surface area contributed by atoms with Crippen LogP contribution in [0.1, 0.15) is 11.1 Å². The molecule has 0 fully saturated rings. The molecule has 0 saturated heterocycles. The van der Waals surface area contributed by atoms with Gasteiger partial charge in [-0.3, -0.25) is 0 Å². The molecule has 0 aliphatic carbocycles. The lowest BCUT2D eigenvalue weighted by molar-refractivity contribution is 0.449. The molecule has 2 aromatic rings. The van der Waals surface area contributed by atoms with Crippen molar-refractivity contribution in [2.24, 2.45) is 0 Å². The number of nitrogens with one attached hydrogen (secondary N) is 1. The lowest BCUT2D eigenvalue weighted by Crippen LogP contribution is -2.01. The van der Waals surface area contributed by atoms with E-state index in [-0.39, 0.29) is 5.69 Å². The average molecular weight is 262 g/mol. The molecular weight excluding hydrogens is 253 g/mol. The first kappa shape index (κ1) is 13.0. The zero-order valence-corrected chi connectivity index (χ0v) is 9.97. The number of hydrogen-bond donors (Lipinski definition) is 1. The molecule has 0 aliphatic heterocycles. The van der Waals surface area contributed by atoms with Gasteiger partial charge in [-0.15, -0.1) is 0 Å². The van der Waals surface area contributed by atoms with E-state index in [1.807, 2.05) is 6.07 Å². The van der Waals surface area contributed by atoms with Crippen molar-refractivity contribution in [3.05, 3.63) is 58.9 Å². The van der Waals surface area contributed by atoms with Gasteiger partial charge < -0.3 is 5.32 Å². The predicted molar refractivity (Wildman–Crippen MR) is 65.5 cm³/mol. The number of para-hydroxylation sites is 1. The number of rotatable bonds is 2. The second kappa shape index (κ2) is 5.02. The lowest BCUT2D eigenvalue weighted by atomic mass is 10.1. The van der Waals surface area contributed by atoms with Gasteiger partial charge in [-0.05, 0) is 30.7 Å². The quantitative estimate of drug-likeness (QED) is 0.829. The molecule has 0 heterocycles. The van der Waals surface area contributed by atoms with Crippen molar-refractivity contribution in [3.8, 4) is 6.07 Å². The van der Waals surface area contributed by atoms with Gasteiger partial charge in [0.25, 0.3) is 0 Å². The number of nitrogens with zero attached hydrogens (tertiary/aromatic N) is 1. The molecule has 96 valence electrons. The van der Waals surface area contributed by atoms with Crippen LogP contribution in [0, 0.1) is 35.7 Å². The molecule has 0 amide bonds. The Morgan fingerprint density at radius 2 is 1.79 bits per heavy atom. The van der Waals surface area contributed by atoms with Crippen molar-refractivity contribution >= 4 is 11.4 Å². The minimum absolute atomic E-state index is 0.218. The Hall–Kier alpha value is -2.48. The minimum Gasteiger partial charge on any atom is -0.352 e. The summed E-state index contributed by atoms with van der Waals surface area (Å²) < 4.78 is 39.5. The Labute approximate surface area is 108 Å². The maximum atomic E-state index is 13.6. The molecule has 0 unspecified atom stereocenters. The largest absolute Gasteiger partial charge is 0.352 e. The number of aryl methyl sites for hydroxylation is 1. The third kappa shape index (κ3) is 2.38. The van der Waals surface area contributed by atoms with Crippen molar-refractivity contribution in [1.82, 2.24) is 0 Å². The Balaban J connectivity index is 2.49. The van der Waals surface area contributed by atoms with Gasteiger partial charge in [0.15, 0.2) is 17.5 Å². The van der Waals surface area contributed by atoms with Crippen LogP contribution in [-0.4, -0.2) is 0 Å². The number of halogens is 3. The second-order valence-electron chi connectivity index (χ2n) is 3.96. The zero-order valence-electron chi connectivity index (χ0n) is 9.97. The topological polar surface area (TPSA) is 35.8 Å². The molecular formula is C14H9F3N2. The van der Waals surface area contributed by atoms with Gasteiger partial charge in [0.2, 0.25) is 0 Å². The summed E-state index contributed by atoms with van der Waals surface area (Å²) >= 11 is 0. The van der Waals surface area contributed by atoms with E-state index >= 15 is 0 Å². The third-order valence-electron chi connectivity index (χ3n) is 2.69. The molecule has 2 rings (SSSR count). The minimum atomic E-state index is -1.54. The third-order valence-corrected chi connectivity index (χ3v) is 2.69. The van der Waals surface area contributed by atoms with E-state index in [2.05, 4.69) is 5.32 Å². The molecule has 5 heteroatoms. The van der Waals surface area contributed by atoms with E-state index in [4.69, 9.17) is 5.26 Å². The van der Waals surface area contributed by atoms with E-state index in [0.29, 0.717) is 16.8 Å². The number of anilines is 2. The maximum absolute atomic E-state index is 13.6. The van der Waals surface area contributed by atoms with Crippen molar-refractivity contribution in [2.45, 2.75) is 6.92 Å². The highest BCUT2D eigenvalue weighted by Crippen LogP contribution is 2.27. The van der Waals surface area contributed by atoms with Crippen LogP contribution in [0.3, 0.4) is 0 Å². The lowest BCUT2D eigenvalue weighted by Gasteiger charge is -2.12. The van der Waals surface area contributed by atoms with Gasteiger partial charge in [0.05, 0.1) is 16.9 Å². The first-order chi connectivity index (χ1) is 9.04. The van der Waals surface area contributed by atoms with Crippen LogP contribution < -0.4 is 5.32 Å². The number of hydrogen-bond acceptors (Lipinski definition) is 2. The molecule has 0 aliphatic rings. The van der Waals surface area contributed by atoms with E-state index in [0.717, 1.165) is 12.1 Å². The molecule has 0 radical (unpaired) electrons. The van der Waals surface area contributed by atoms with Crippen LogP contribution in [0.25, 0.3) is 0 Å². The molecule has 0 spiro atoms. The first-order valence-electron chi connectivity index (χ1n) is 5.45. The van der Waals surface area contributed by atoms with E-state index < -0.39 is 17.5 Å². The van der Waals surface area contributed by atoms with Crippen LogP contribution in [0.4, 0.5) is 24.5 Å². The molecule has 2 aromatic carbocycles. The van der Waals surface area contributed by atoms with Crippen molar-refractivity contribution in [3.63, 3.8) is 0 Å². The number of benzene rings is 2. The molecule has 0 saturated carbocycles. The summed E-state index contributed by atoms with van der Waals surface area (Å²) in [7, 11) is 0. The SMILES string of the molecule is Cc1cccc(C#N)c1Nc1ccc(F)c(F)c1F. The monoisotopic (exact) mass is 262 g/mol. The van der Waals surface area contributed by atoms with Crippen molar-refractivity contribution < 1.29 is 13.2 Å². The summed E-state index contributed by atoms with van der Waals surface area (Å²) in [5.41, 5.74) is 1.15. The average Bonchev–Trinajstić information content (AvgIpc) is 2.41. The summed E-state index contributed by atoms with van der Waals surface area (Å²) in [6, 6.07) is 8.81. The van der Waals surface area contributed by atoms with Gasteiger partial charge in [-0.1, -0.05) is 12.1 Å². The van der Waals surface area contributed by atoms with Crippen LogP contribution >= 0.6 is 0 Å². The van der Waals surface area contributed by atoms with E-state index in [9.17, 15) is 13.2 Å². The highest BCUT2D eigenvalue weighted by Gasteiger charge is 2.15. The summed E-state index contributed by atoms with van der Waals surface area (Å²) in [5.74, 6) is -4.11. The highest BCUT2D eigenvalue weighted by molar-refractivity contribution is 5.70. The van der Waals surface area contributed by atoms with Gasteiger partial charge in [-0.2, -0.15) is 5.26 Å². The van der Waals surface area contributed by atoms with Crippen LogP contribution in [0.2, 0.25) is 0 Å². The van der Waals surface area contributed by atoms with Gasteiger partial charge in [0.1, 0.15) is 6.07 Å². The normalized spacial score (nSPS) is 10.1. The number of nitriles is 1. The zero-order chi connectivity index (χ0) is 14.0. The fraction of sp³-hybridized carbons (Fsp3) is 0.0714. The molecule has 19 heavy (non-hydrogen) atoms. The summed E-state index contributed by atoms with van der Waals surface area (Å²) in [5, 5.41) is 11.6. The highest BCUT2D eigenvalue weighted by atomic mass is 19.2. The van der Waals surface area contributed by atoms with Crippen LogP contribution in [0.5, 0.6) is 0 Å². The predicted octanol–water partition coefficient (Wildman–Crippen LogP) is 4.03. The Bertz CT molecular complexity index is 675. The maximum Gasteiger partial charge on any atom is 0.196 e. The van der Waals surface area contributed by atoms with E-state index in [1.165, 1.54) is 0 Å². The Morgan fingerprint density at radius 3 is 2.47 bits per heavy atom. The van der Waals surface area contributed by atoms with Crippen molar-refractivity contribution in [2.75, 3.05) is 5.32 Å². The van der Waals surface area contributed by atoms with E-state index in [1.54, 1.807) is 25.1 Å². The molecule has 2 nitrogen and oxygen atoms in total. The summed E-state index contributed by atoms with van der Waals surface area (Å²) in [4.78, 5) is 0.